The second-order valence-electron chi connectivity index (χ2n) is 5.60. The number of nitrogens with two attached hydrogens (primary N) is 1. The summed E-state index contributed by atoms with van der Waals surface area (Å²) in [7, 11) is 1.80. The van der Waals surface area contributed by atoms with Gasteiger partial charge in [-0.3, -0.25) is 4.79 Å². The van der Waals surface area contributed by atoms with Crippen molar-refractivity contribution < 1.29 is 9.90 Å². The largest absolute Gasteiger partial charge is 0.396 e. The standard InChI is InChI=1S/C14H27N3O2S/c1-16(8-4-13(15)20)14(19)5-9-17-7-2-3-12(11-17)6-10-18/h12,18H,2-11H2,1H3,(H2,15,20). The molecule has 0 aromatic heterocycles. The van der Waals surface area contributed by atoms with Crippen LogP contribution in [0.25, 0.3) is 0 Å². The van der Waals surface area contributed by atoms with Crippen LogP contribution in [0.4, 0.5) is 0 Å². The summed E-state index contributed by atoms with van der Waals surface area (Å²) in [4.78, 5) is 16.5. The first-order chi connectivity index (χ1) is 9.52. The van der Waals surface area contributed by atoms with E-state index < -0.39 is 0 Å². The van der Waals surface area contributed by atoms with Crippen LogP contribution in [0.5, 0.6) is 0 Å². The zero-order valence-corrected chi connectivity index (χ0v) is 13.2. The molecule has 1 amide bonds. The number of aliphatic hydroxyl groups is 1. The molecule has 1 heterocycles. The van der Waals surface area contributed by atoms with Crippen LogP contribution in [0, 0.1) is 5.92 Å². The van der Waals surface area contributed by atoms with Gasteiger partial charge in [-0.25, -0.2) is 0 Å². The molecule has 0 aromatic carbocycles. The number of carbonyl (C=O) groups excluding carboxylic acids is 1. The minimum Gasteiger partial charge on any atom is -0.396 e. The van der Waals surface area contributed by atoms with Gasteiger partial charge in [-0.15, -0.1) is 0 Å². The van der Waals surface area contributed by atoms with Gasteiger partial charge in [-0.05, 0) is 31.7 Å². The fourth-order valence-electron chi connectivity index (χ4n) is 2.62. The van der Waals surface area contributed by atoms with Gasteiger partial charge in [0.15, 0.2) is 0 Å². The molecular formula is C14H27N3O2S. The number of aliphatic hydroxyl groups excluding tert-OH is 1. The van der Waals surface area contributed by atoms with Gasteiger partial charge in [0, 0.05) is 46.1 Å². The Balaban J connectivity index is 2.24. The van der Waals surface area contributed by atoms with Crippen LogP contribution in [0.1, 0.15) is 32.1 Å². The number of amides is 1. The number of hydrogen-bond acceptors (Lipinski definition) is 4. The van der Waals surface area contributed by atoms with Crippen LogP contribution in [-0.4, -0.2) is 65.6 Å². The van der Waals surface area contributed by atoms with Crippen LogP contribution in [0.15, 0.2) is 0 Å². The Morgan fingerprint density at radius 2 is 2.25 bits per heavy atom. The van der Waals surface area contributed by atoms with E-state index >= 15 is 0 Å². The van der Waals surface area contributed by atoms with E-state index in [4.69, 9.17) is 23.1 Å². The van der Waals surface area contributed by atoms with Crippen LogP contribution in [0.3, 0.4) is 0 Å². The van der Waals surface area contributed by atoms with Gasteiger partial charge in [0.1, 0.15) is 0 Å². The van der Waals surface area contributed by atoms with Crippen molar-refractivity contribution in [2.24, 2.45) is 11.7 Å². The molecule has 3 N–H and O–H groups in total. The van der Waals surface area contributed by atoms with E-state index in [1.165, 1.54) is 6.42 Å². The Morgan fingerprint density at radius 1 is 1.50 bits per heavy atom. The number of nitrogens with zero attached hydrogens (tertiary/aromatic N) is 2. The van der Waals surface area contributed by atoms with E-state index in [-0.39, 0.29) is 12.5 Å². The van der Waals surface area contributed by atoms with Crippen LogP contribution in [-0.2, 0) is 4.79 Å². The first kappa shape index (κ1) is 17.3. The van der Waals surface area contributed by atoms with Gasteiger partial charge in [0.25, 0.3) is 0 Å². The third kappa shape index (κ3) is 6.63. The number of likely N-dealkylation sites (tertiary alicyclic amines) is 1. The molecule has 1 unspecified atom stereocenters. The van der Waals surface area contributed by atoms with E-state index in [1.807, 2.05) is 0 Å². The normalized spacial score (nSPS) is 19.8. The molecule has 1 aliphatic heterocycles. The summed E-state index contributed by atoms with van der Waals surface area (Å²) in [6.07, 6.45) is 4.35. The Kier molecular flexibility index (Phi) is 8.02. The second-order valence-corrected chi connectivity index (χ2v) is 6.13. The highest BCUT2D eigenvalue weighted by Crippen LogP contribution is 2.19. The lowest BCUT2D eigenvalue weighted by Crippen LogP contribution is -2.39. The maximum Gasteiger partial charge on any atom is 0.223 e. The van der Waals surface area contributed by atoms with Crippen molar-refractivity contribution in [3.8, 4) is 0 Å². The number of carbonyl (C=O) groups is 1. The molecule has 1 aliphatic rings. The molecule has 5 nitrogen and oxygen atoms in total. The van der Waals surface area contributed by atoms with Crippen LogP contribution >= 0.6 is 12.2 Å². The molecule has 0 aliphatic carbocycles. The van der Waals surface area contributed by atoms with Gasteiger partial charge >= 0.3 is 0 Å². The topological polar surface area (TPSA) is 69.8 Å². The summed E-state index contributed by atoms with van der Waals surface area (Å²) in [6.45, 7) is 3.73. The molecule has 0 saturated carbocycles. The highest BCUT2D eigenvalue weighted by Gasteiger charge is 2.20. The molecular weight excluding hydrogens is 274 g/mol. The molecule has 1 saturated heterocycles. The quantitative estimate of drug-likeness (QED) is 0.643. The fourth-order valence-corrected chi connectivity index (χ4v) is 2.71. The average molecular weight is 301 g/mol. The summed E-state index contributed by atoms with van der Waals surface area (Å²) < 4.78 is 0. The number of hydrogen-bond donors (Lipinski definition) is 2. The molecule has 0 bridgehead atoms. The van der Waals surface area contributed by atoms with Crippen LogP contribution in [0.2, 0.25) is 0 Å². The highest BCUT2D eigenvalue weighted by molar-refractivity contribution is 7.80. The van der Waals surface area contributed by atoms with E-state index in [9.17, 15) is 4.79 Å². The molecule has 1 fully saturated rings. The monoisotopic (exact) mass is 301 g/mol. The summed E-state index contributed by atoms with van der Waals surface area (Å²) in [5, 5.41) is 9.00. The number of thiocarbonyl (C=S) groups is 1. The van der Waals surface area contributed by atoms with Crippen molar-refractivity contribution in [1.29, 1.82) is 0 Å². The Labute approximate surface area is 127 Å². The summed E-state index contributed by atoms with van der Waals surface area (Å²) in [5.74, 6) is 0.724. The Morgan fingerprint density at radius 3 is 2.90 bits per heavy atom. The van der Waals surface area contributed by atoms with E-state index in [2.05, 4.69) is 4.90 Å². The molecule has 1 atom stereocenters. The molecule has 0 aromatic rings. The van der Waals surface area contributed by atoms with Gasteiger partial charge < -0.3 is 20.6 Å². The fraction of sp³-hybridized carbons (Fsp3) is 0.857. The van der Waals surface area contributed by atoms with Crippen molar-refractivity contribution in [3.05, 3.63) is 0 Å². The van der Waals surface area contributed by atoms with Crippen molar-refractivity contribution in [2.45, 2.75) is 32.1 Å². The van der Waals surface area contributed by atoms with Gasteiger partial charge in [0.05, 0.1) is 4.99 Å². The second kappa shape index (κ2) is 9.26. The molecule has 20 heavy (non-hydrogen) atoms. The summed E-state index contributed by atoms with van der Waals surface area (Å²) >= 11 is 4.82. The lowest BCUT2D eigenvalue weighted by Gasteiger charge is -2.32. The zero-order valence-electron chi connectivity index (χ0n) is 12.4. The minimum absolute atomic E-state index is 0.144. The van der Waals surface area contributed by atoms with Gasteiger partial charge in [0.2, 0.25) is 5.91 Å². The number of rotatable bonds is 8. The van der Waals surface area contributed by atoms with E-state index in [1.54, 1.807) is 11.9 Å². The smallest absolute Gasteiger partial charge is 0.223 e. The third-order valence-corrected chi connectivity index (χ3v) is 4.11. The maximum absolute atomic E-state index is 12.0. The number of piperidine rings is 1. The minimum atomic E-state index is 0.144. The zero-order chi connectivity index (χ0) is 15.0. The van der Waals surface area contributed by atoms with Gasteiger partial charge in [-0.1, -0.05) is 12.2 Å². The molecule has 0 radical (unpaired) electrons. The SMILES string of the molecule is CN(CCC(N)=S)C(=O)CCN1CCCC(CCO)C1. The van der Waals surface area contributed by atoms with Crippen molar-refractivity contribution >= 4 is 23.1 Å². The average Bonchev–Trinajstić information content (AvgIpc) is 2.43. The van der Waals surface area contributed by atoms with Crippen molar-refractivity contribution in [3.63, 3.8) is 0 Å². The lowest BCUT2D eigenvalue weighted by atomic mass is 9.95. The van der Waals surface area contributed by atoms with Crippen molar-refractivity contribution in [1.82, 2.24) is 9.80 Å². The molecule has 6 heteroatoms. The van der Waals surface area contributed by atoms with E-state index in [0.717, 1.165) is 32.5 Å². The van der Waals surface area contributed by atoms with Crippen LogP contribution < -0.4 is 5.73 Å². The third-order valence-electron chi connectivity index (χ3n) is 3.90. The molecule has 1 rings (SSSR count). The lowest BCUT2D eigenvalue weighted by molar-refractivity contribution is -0.130. The predicted octanol–water partition coefficient (Wildman–Crippen LogP) is 0.606. The summed E-state index contributed by atoms with van der Waals surface area (Å²) in [6, 6.07) is 0. The van der Waals surface area contributed by atoms with Crippen molar-refractivity contribution in [2.75, 3.05) is 39.8 Å². The highest BCUT2D eigenvalue weighted by atomic mass is 32.1. The Bertz CT molecular complexity index is 324. The predicted molar refractivity (Wildman–Crippen MR) is 84.5 cm³/mol. The summed E-state index contributed by atoms with van der Waals surface area (Å²) in [5.41, 5.74) is 5.44. The maximum atomic E-state index is 12.0. The van der Waals surface area contributed by atoms with Gasteiger partial charge in [-0.2, -0.15) is 0 Å². The first-order valence-corrected chi connectivity index (χ1v) is 7.79. The van der Waals surface area contributed by atoms with E-state index in [0.29, 0.717) is 30.3 Å². The first-order valence-electron chi connectivity index (χ1n) is 7.38. The molecule has 0 spiro atoms. The Hall–Kier alpha value is -0.720. The molecule has 116 valence electrons.